The van der Waals surface area contributed by atoms with Gasteiger partial charge in [-0.15, -0.1) is 0 Å². The van der Waals surface area contributed by atoms with Crippen molar-refractivity contribution < 1.29 is 14.2 Å². The van der Waals surface area contributed by atoms with Gasteiger partial charge < -0.3 is 24.5 Å². The molecule has 9 heteroatoms. The number of nitrogens with zero attached hydrogens (tertiary/aromatic N) is 4. The number of aromatic amines is 1. The van der Waals surface area contributed by atoms with Gasteiger partial charge >= 0.3 is 0 Å². The predicted octanol–water partition coefficient (Wildman–Crippen LogP) is 2.50. The summed E-state index contributed by atoms with van der Waals surface area (Å²) in [6.45, 7) is 1.23. The maximum Gasteiger partial charge on any atom is 0.228 e. The molecular formula is C20H22N6O3. The van der Waals surface area contributed by atoms with Crippen LogP contribution in [-0.2, 0) is 9.47 Å². The van der Waals surface area contributed by atoms with E-state index in [-0.39, 0.29) is 12.1 Å². The van der Waals surface area contributed by atoms with Crippen LogP contribution >= 0.6 is 0 Å². The molecule has 1 aliphatic rings. The van der Waals surface area contributed by atoms with Crippen molar-refractivity contribution in [3.05, 3.63) is 36.8 Å². The van der Waals surface area contributed by atoms with Crippen LogP contribution in [0, 0.1) is 0 Å². The number of aromatic nitrogens is 5. The molecule has 9 nitrogen and oxygen atoms in total. The third kappa shape index (κ3) is 3.18. The Morgan fingerprint density at radius 1 is 1.28 bits per heavy atom. The standard InChI is InChI=1S/C20H22N6O3/c1-27-16-11-29-8-5-15(16)23-20-24-18-17(19(25-20)28-2)14(10-21-18)12-4-7-26-13(9-12)3-6-22-26/h3-4,6-7,9-10,15-16H,5,8,11H2,1-2H3,(H2,21,23,24,25)/t15?,16-/m1/s1. The van der Waals surface area contributed by atoms with E-state index in [1.807, 2.05) is 29.0 Å². The van der Waals surface area contributed by atoms with Crippen LogP contribution in [0.3, 0.4) is 0 Å². The highest BCUT2D eigenvalue weighted by molar-refractivity contribution is 5.98. The first-order valence-corrected chi connectivity index (χ1v) is 9.51. The zero-order chi connectivity index (χ0) is 19.8. The Labute approximate surface area is 167 Å². The van der Waals surface area contributed by atoms with E-state index in [2.05, 4.69) is 31.4 Å². The van der Waals surface area contributed by atoms with Crippen molar-refractivity contribution in [2.45, 2.75) is 18.6 Å². The van der Waals surface area contributed by atoms with E-state index in [4.69, 9.17) is 14.2 Å². The predicted molar refractivity (Wildman–Crippen MR) is 108 cm³/mol. The highest BCUT2D eigenvalue weighted by Crippen LogP contribution is 2.34. The first-order chi connectivity index (χ1) is 14.3. The SMILES string of the molecule is COc1nc(NC2CCOC[C@H]2OC)nc2[nH]cc(-c3ccn4nccc4c3)c12. The van der Waals surface area contributed by atoms with Crippen LogP contribution in [0.2, 0.25) is 0 Å². The number of hydrogen-bond donors (Lipinski definition) is 2. The average Bonchev–Trinajstić information content (AvgIpc) is 3.39. The molecule has 1 fully saturated rings. The van der Waals surface area contributed by atoms with Crippen LogP contribution in [0.5, 0.6) is 5.88 Å². The van der Waals surface area contributed by atoms with Crippen LogP contribution in [0.4, 0.5) is 5.95 Å². The zero-order valence-corrected chi connectivity index (χ0v) is 16.3. The molecule has 150 valence electrons. The van der Waals surface area contributed by atoms with Crippen LogP contribution < -0.4 is 10.1 Å². The summed E-state index contributed by atoms with van der Waals surface area (Å²) in [5.74, 6) is 1.02. The molecule has 0 aliphatic carbocycles. The summed E-state index contributed by atoms with van der Waals surface area (Å²) >= 11 is 0. The first-order valence-electron chi connectivity index (χ1n) is 9.51. The van der Waals surface area contributed by atoms with Crippen molar-refractivity contribution in [3.63, 3.8) is 0 Å². The topological polar surface area (TPSA) is 98.6 Å². The van der Waals surface area contributed by atoms with Crippen molar-refractivity contribution >= 4 is 22.5 Å². The van der Waals surface area contributed by atoms with E-state index in [1.165, 1.54) is 0 Å². The summed E-state index contributed by atoms with van der Waals surface area (Å²) in [6.07, 6.45) is 6.42. The van der Waals surface area contributed by atoms with Gasteiger partial charge in [0.1, 0.15) is 11.8 Å². The van der Waals surface area contributed by atoms with Gasteiger partial charge in [0.05, 0.1) is 30.7 Å². The lowest BCUT2D eigenvalue weighted by molar-refractivity contribution is -0.0367. The fourth-order valence-electron chi connectivity index (χ4n) is 3.80. The summed E-state index contributed by atoms with van der Waals surface area (Å²) in [4.78, 5) is 12.5. The maximum absolute atomic E-state index is 5.62. The number of anilines is 1. The fourth-order valence-corrected chi connectivity index (χ4v) is 3.80. The molecule has 0 radical (unpaired) electrons. The third-order valence-electron chi connectivity index (χ3n) is 5.32. The molecule has 5 heterocycles. The number of ether oxygens (including phenoxy) is 3. The molecule has 0 saturated carbocycles. The highest BCUT2D eigenvalue weighted by atomic mass is 16.5. The van der Waals surface area contributed by atoms with Crippen molar-refractivity contribution in [2.75, 3.05) is 32.8 Å². The number of H-pyrrole nitrogens is 1. The van der Waals surface area contributed by atoms with E-state index in [0.717, 1.165) is 28.5 Å². The molecule has 4 aromatic rings. The van der Waals surface area contributed by atoms with Crippen LogP contribution in [-0.4, -0.2) is 64.1 Å². The minimum Gasteiger partial charge on any atom is -0.480 e. The van der Waals surface area contributed by atoms with Gasteiger partial charge in [-0.2, -0.15) is 15.1 Å². The number of fused-ring (bicyclic) bond motifs is 2. The Bertz CT molecular complexity index is 1150. The number of pyridine rings is 1. The molecule has 1 saturated heterocycles. The Hall–Kier alpha value is -3.17. The molecule has 2 atom stereocenters. The molecule has 1 unspecified atom stereocenters. The fraction of sp³-hybridized carbons (Fsp3) is 0.350. The lowest BCUT2D eigenvalue weighted by atomic mass is 10.1. The first kappa shape index (κ1) is 17.9. The largest absolute Gasteiger partial charge is 0.480 e. The van der Waals surface area contributed by atoms with Crippen molar-refractivity contribution in [1.29, 1.82) is 0 Å². The Kier molecular flexibility index (Phi) is 4.53. The van der Waals surface area contributed by atoms with Gasteiger partial charge in [0.2, 0.25) is 11.8 Å². The van der Waals surface area contributed by atoms with Gasteiger partial charge in [0, 0.05) is 37.9 Å². The molecule has 0 amide bonds. The molecule has 0 bridgehead atoms. The zero-order valence-electron chi connectivity index (χ0n) is 16.3. The molecule has 5 rings (SSSR count). The Morgan fingerprint density at radius 2 is 2.21 bits per heavy atom. The number of rotatable bonds is 5. The third-order valence-corrected chi connectivity index (χ3v) is 5.32. The number of hydrogen-bond acceptors (Lipinski definition) is 7. The van der Waals surface area contributed by atoms with E-state index >= 15 is 0 Å². The summed E-state index contributed by atoms with van der Waals surface area (Å²) in [6, 6.07) is 6.13. The minimum absolute atomic E-state index is 0.0457. The summed E-state index contributed by atoms with van der Waals surface area (Å²) in [5.41, 5.74) is 3.74. The lowest BCUT2D eigenvalue weighted by Gasteiger charge is -2.31. The van der Waals surface area contributed by atoms with Gasteiger partial charge in [-0.05, 0) is 30.2 Å². The molecular weight excluding hydrogens is 372 g/mol. The van der Waals surface area contributed by atoms with Gasteiger partial charge in [-0.25, -0.2) is 4.52 Å². The molecule has 0 spiro atoms. The van der Waals surface area contributed by atoms with E-state index in [1.54, 1.807) is 20.4 Å². The van der Waals surface area contributed by atoms with E-state index < -0.39 is 0 Å². The minimum atomic E-state index is -0.0457. The molecule has 2 N–H and O–H groups in total. The average molecular weight is 394 g/mol. The number of nitrogens with one attached hydrogen (secondary N) is 2. The van der Waals surface area contributed by atoms with Gasteiger partial charge in [0.25, 0.3) is 0 Å². The van der Waals surface area contributed by atoms with Crippen molar-refractivity contribution in [2.24, 2.45) is 0 Å². The van der Waals surface area contributed by atoms with Crippen LogP contribution in [0.15, 0.2) is 36.8 Å². The lowest BCUT2D eigenvalue weighted by Crippen LogP contribution is -2.43. The molecule has 1 aliphatic heterocycles. The summed E-state index contributed by atoms with van der Waals surface area (Å²) < 4.78 is 18.5. The Balaban J connectivity index is 1.53. The van der Waals surface area contributed by atoms with Crippen molar-refractivity contribution in [1.82, 2.24) is 24.6 Å². The quantitative estimate of drug-likeness (QED) is 0.537. The van der Waals surface area contributed by atoms with Crippen molar-refractivity contribution in [3.8, 4) is 17.0 Å². The second-order valence-corrected chi connectivity index (χ2v) is 6.99. The Morgan fingerprint density at radius 3 is 3.07 bits per heavy atom. The summed E-state index contributed by atoms with van der Waals surface area (Å²) in [7, 11) is 3.31. The van der Waals surface area contributed by atoms with Gasteiger partial charge in [-0.1, -0.05) is 0 Å². The van der Waals surface area contributed by atoms with Crippen LogP contribution in [0.25, 0.3) is 27.7 Å². The van der Waals surface area contributed by atoms with Crippen LogP contribution in [0.1, 0.15) is 6.42 Å². The smallest absolute Gasteiger partial charge is 0.228 e. The van der Waals surface area contributed by atoms with Gasteiger partial charge in [-0.3, -0.25) is 0 Å². The van der Waals surface area contributed by atoms with Gasteiger partial charge in [0.15, 0.2) is 0 Å². The highest BCUT2D eigenvalue weighted by Gasteiger charge is 2.27. The second kappa shape index (κ2) is 7.34. The molecule has 4 aromatic heterocycles. The molecule has 0 aromatic carbocycles. The maximum atomic E-state index is 5.62. The van der Waals surface area contributed by atoms with E-state index in [0.29, 0.717) is 30.7 Å². The monoisotopic (exact) mass is 394 g/mol. The van der Waals surface area contributed by atoms with E-state index in [9.17, 15) is 0 Å². The normalized spacial score (nSPS) is 19.7. The second-order valence-electron chi connectivity index (χ2n) is 6.99. The summed E-state index contributed by atoms with van der Waals surface area (Å²) in [5, 5.41) is 8.47. The molecule has 29 heavy (non-hydrogen) atoms. The number of methoxy groups -OCH3 is 2.